The number of carbonyl (C=O) groups is 1. The number of oxazole rings is 1. The van der Waals surface area contributed by atoms with Gasteiger partial charge >= 0.3 is 5.97 Å². The maximum atomic E-state index is 11.9. The van der Waals surface area contributed by atoms with E-state index >= 15 is 0 Å². The van der Waals surface area contributed by atoms with Crippen molar-refractivity contribution in [1.82, 2.24) is 4.98 Å². The first-order valence-corrected chi connectivity index (χ1v) is 7.25. The van der Waals surface area contributed by atoms with Crippen LogP contribution in [0.3, 0.4) is 0 Å². The number of ether oxygens (including phenoxy) is 1. The summed E-state index contributed by atoms with van der Waals surface area (Å²) in [5.74, 6) is 1.06. The van der Waals surface area contributed by atoms with Crippen LogP contribution in [0, 0.1) is 5.92 Å². The van der Waals surface area contributed by atoms with Gasteiger partial charge < -0.3 is 9.15 Å². The molecule has 0 aliphatic heterocycles. The Morgan fingerprint density at radius 3 is 2.89 bits per heavy atom. The van der Waals surface area contributed by atoms with E-state index in [9.17, 15) is 4.79 Å². The largest absolute Gasteiger partial charge is 0.461 e. The van der Waals surface area contributed by atoms with Crippen molar-refractivity contribution in [3.8, 4) is 11.5 Å². The molecule has 0 saturated heterocycles. The highest BCUT2D eigenvalue weighted by Crippen LogP contribution is 2.26. The number of carbonyl (C=O) groups excluding carboxylic acids is 1. The molecule has 19 heavy (non-hydrogen) atoms. The number of esters is 1. The van der Waals surface area contributed by atoms with Gasteiger partial charge in [-0.2, -0.15) is 11.3 Å². The van der Waals surface area contributed by atoms with E-state index in [0.29, 0.717) is 36.3 Å². The van der Waals surface area contributed by atoms with Crippen molar-refractivity contribution < 1.29 is 13.9 Å². The lowest BCUT2D eigenvalue weighted by atomic mass is 10.1. The second kappa shape index (κ2) is 6.02. The van der Waals surface area contributed by atoms with Crippen LogP contribution in [0.15, 0.2) is 21.2 Å². The maximum absolute atomic E-state index is 11.9. The average molecular weight is 279 g/mol. The minimum absolute atomic E-state index is 0.303. The van der Waals surface area contributed by atoms with Crippen molar-refractivity contribution in [3.05, 3.63) is 28.3 Å². The Morgan fingerprint density at radius 1 is 1.53 bits per heavy atom. The second-order valence-electron chi connectivity index (χ2n) is 4.62. The molecule has 102 valence electrons. The topological polar surface area (TPSA) is 52.3 Å². The number of rotatable bonds is 5. The molecule has 2 aromatic heterocycles. The fourth-order valence-corrected chi connectivity index (χ4v) is 2.36. The van der Waals surface area contributed by atoms with Crippen LogP contribution < -0.4 is 0 Å². The van der Waals surface area contributed by atoms with Crippen LogP contribution >= 0.6 is 11.3 Å². The summed E-state index contributed by atoms with van der Waals surface area (Å²) in [5, 5.41) is 3.89. The molecule has 0 aliphatic carbocycles. The quantitative estimate of drug-likeness (QED) is 0.782. The van der Waals surface area contributed by atoms with Gasteiger partial charge in [0.1, 0.15) is 5.76 Å². The molecule has 0 bridgehead atoms. The molecule has 2 heterocycles. The third-order valence-electron chi connectivity index (χ3n) is 2.53. The van der Waals surface area contributed by atoms with E-state index in [2.05, 4.69) is 18.8 Å². The number of thiophene rings is 1. The van der Waals surface area contributed by atoms with Crippen LogP contribution in [0.4, 0.5) is 0 Å². The molecule has 2 rings (SSSR count). The van der Waals surface area contributed by atoms with Gasteiger partial charge in [0.25, 0.3) is 0 Å². The Kier molecular flexibility index (Phi) is 4.37. The van der Waals surface area contributed by atoms with Crippen molar-refractivity contribution in [2.75, 3.05) is 6.61 Å². The van der Waals surface area contributed by atoms with E-state index in [1.165, 1.54) is 0 Å². The van der Waals surface area contributed by atoms with Crippen molar-refractivity contribution in [2.45, 2.75) is 27.2 Å². The third-order valence-corrected chi connectivity index (χ3v) is 3.21. The summed E-state index contributed by atoms with van der Waals surface area (Å²) in [5.41, 5.74) is 1.20. The minimum atomic E-state index is -0.414. The predicted octanol–water partition coefficient (Wildman–Crippen LogP) is 3.78. The van der Waals surface area contributed by atoms with Gasteiger partial charge in [0.15, 0.2) is 5.69 Å². The third kappa shape index (κ3) is 3.23. The van der Waals surface area contributed by atoms with Gasteiger partial charge in [0, 0.05) is 17.4 Å². The van der Waals surface area contributed by atoms with Gasteiger partial charge in [0.05, 0.1) is 6.61 Å². The van der Waals surface area contributed by atoms with Crippen LogP contribution in [-0.2, 0) is 11.2 Å². The van der Waals surface area contributed by atoms with Crippen LogP contribution in [0.1, 0.15) is 37.0 Å². The molecule has 0 unspecified atom stereocenters. The Morgan fingerprint density at radius 2 is 2.32 bits per heavy atom. The second-order valence-corrected chi connectivity index (χ2v) is 5.40. The highest BCUT2D eigenvalue weighted by atomic mass is 32.1. The van der Waals surface area contributed by atoms with Crippen LogP contribution in [-0.4, -0.2) is 17.6 Å². The highest BCUT2D eigenvalue weighted by molar-refractivity contribution is 7.08. The summed E-state index contributed by atoms with van der Waals surface area (Å²) in [6.07, 6.45) is 0.672. The standard InChI is InChI=1S/C14H17NO3S/c1-4-17-14(16)12-11(7-9(2)3)18-13(15-12)10-5-6-19-8-10/h5-6,8-9H,4,7H2,1-3H3. The number of aromatic nitrogens is 1. The van der Waals surface area contributed by atoms with Crippen LogP contribution in [0.25, 0.3) is 11.5 Å². The molecule has 0 amide bonds. The SMILES string of the molecule is CCOC(=O)c1nc(-c2ccsc2)oc1CC(C)C. The van der Waals surface area contributed by atoms with E-state index in [4.69, 9.17) is 9.15 Å². The lowest BCUT2D eigenvalue weighted by Crippen LogP contribution is -2.09. The molecular formula is C14H17NO3S. The van der Waals surface area contributed by atoms with E-state index in [0.717, 1.165) is 5.56 Å². The maximum Gasteiger partial charge on any atom is 0.360 e. The lowest BCUT2D eigenvalue weighted by molar-refractivity contribution is 0.0517. The Hall–Kier alpha value is -1.62. The molecule has 0 aromatic carbocycles. The average Bonchev–Trinajstić information content (AvgIpc) is 2.96. The van der Waals surface area contributed by atoms with Crippen molar-refractivity contribution in [3.63, 3.8) is 0 Å². The van der Waals surface area contributed by atoms with E-state index < -0.39 is 5.97 Å². The Bertz CT molecular complexity index is 543. The Labute approximate surface area is 116 Å². The van der Waals surface area contributed by atoms with Crippen LogP contribution in [0.2, 0.25) is 0 Å². The van der Waals surface area contributed by atoms with Gasteiger partial charge in [-0.05, 0) is 24.3 Å². The fraction of sp³-hybridized carbons (Fsp3) is 0.429. The van der Waals surface area contributed by atoms with E-state index in [-0.39, 0.29) is 0 Å². The summed E-state index contributed by atoms with van der Waals surface area (Å²) < 4.78 is 10.8. The first kappa shape index (κ1) is 13.8. The molecule has 0 atom stereocenters. The highest BCUT2D eigenvalue weighted by Gasteiger charge is 2.22. The first-order chi connectivity index (χ1) is 9.11. The zero-order chi connectivity index (χ0) is 13.8. The molecule has 0 aliphatic rings. The monoisotopic (exact) mass is 279 g/mol. The summed E-state index contributed by atoms with van der Waals surface area (Å²) in [6, 6.07) is 1.92. The van der Waals surface area contributed by atoms with Gasteiger partial charge in [-0.15, -0.1) is 0 Å². The molecule has 5 heteroatoms. The minimum Gasteiger partial charge on any atom is -0.461 e. The van der Waals surface area contributed by atoms with Crippen molar-refractivity contribution >= 4 is 17.3 Å². The molecule has 4 nitrogen and oxygen atoms in total. The molecule has 0 spiro atoms. The number of hydrogen-bond acceptors (Lipinski definition) is 5. The normalized spacial score (nSPS) is 10.9. The predicted molar refractivity (Wildman–Crippen MR) is 74.3 cm³/mol. The van der Waals surface area contributed by atoms with Gasteiger partial charge in [-0.3, -0.25) is 0 Å². The van der Waals surface area contributed by atoms with Crippen molar-refractivity contribution in [1.29, 1.82) is 0 Å². The first-order valence-electron chi connectivity index (χ1n) is 6.31. The van der Waals surface area contributed by atoms with E-state index in [1.54, 1.807) is 18.3 Å². The van der Waals surface area contributed by atoms with Gasteiger partial charge in [-0.25, -0.2) is 9.78 Å². The molecule has 0 fully saturated rings. The van der Waals surface area contributed by atoms with Crippen molar-refractivity contribution in [2.24, 2.45) is 5.92 Å². The van der Waals surface area contributed by atoms with Gasteiger partial charge in [-0.1, -0.05) is 13.8 Å². The number of nitrogens with zero attached hydrogens (tertiary/aromatic N) is 1. The van der Waals surface area contributed by atoms with Gasteiger partial charge in [0.2, 0.25) is 5.89 Å². The molecule has 0 radical (unpaired) electrons. The zero-order valence-corrected chi connectivity index (χ0v) is 12.1. The zero-order valence-electron chi connectivity index (χ0n) is 11.3. The molecule has 2 aromatic rings. The van der Waals surface area contributed by atoms with Crippen LogP contribution in [0.5, 0.6) is 0 Å². The molecule has 0 saturated carbocycles. The molecule has 0 N–H and O–H groups in total. The summed E-state index contributed by atoms with van der Waals surface area (Å²) >= 11 is 1.57. The fourth-order valence-electron chi connectivity index (χ4n) is 1.73. The lowest BCUT2D eigenvalue weighted by Gasteiger charge is -2.03. The van der Waals surface area contributed by atoms with E-state index in [1.807, 2.05) is 16.8 Å². The summed E-state index contributed by atoms with van der Waals surface area (Å²) in [6.45, 7) is 6.25. The Balaban J connectivity index is 2.36. The smallest absolute Gasteiger partial charge is 0.360 e. The number of hydrogen-bond donors (Lipinski definition) is 0. The summed E-state index contributed by atoms with van der Waals surface area (Å²) in [7, 11) is 0. The molecular weight excluding hydrogens is 262 g/mol. The summed E-state index contributed by atoms with van der Waals surface area (Å²) in [4.78, 5) is 16.2.